The first-order chi connectivity index (χ1) is 15.4. The van der Waals surface area contributed by atoms with Crippen LogP contribution in [-0.4, -0.2) is 24.7 Å². The van der Waals surface area contributed by atoms with E-state index < -0.39 is 0 Å². The van der Waals surface area contributed by atoms with Crippen LogP contribution in [0.1, 0.15) is 57.3 Å². The lowest BCUT2D eigenvalue weighted by molar-refractivity contribution is 0.0521. The number of methoxy groups -OCH3 is 1. The second kappa shape index (κ2) is 7.91. The van der Waals surface area contributed by atoms with Crippen molar-refractivity contribution in [3.05, 3.63) is 59.7 Å². The van der Waals surface area contributed by atoms with E-state index >= 15 is 0 Å². The number of fused-ring (bicyclic) bond motifs is 5. The highest BCUT2D eigenvalue weighted by atomic mass is 32.2. The molecule has 0 saturated heterocycles. The van der Waals surface area contributed by atoms with E-state index in [9.17, 15) is 0 Å². The molecule has 168 valence electrons. The van der Waals surface area contributed by atoms with Gasteiger partial charge in [0.05, 0.1) is 18.2 Å². The zero-order valence-electron chi connectivity index (χ0n) is 19.7. The van der Waals surface area contributed by atoms with Gasteiger partial charge in [0.15, 0.2) is 0 Å². The predicted octanol–water partition coefficient (Wildman–Crippen LogP) is 7.49. The van der Waals surface area contributed by atoms with Crippen LogP contribution in [0.25, 0.3) is 16.7 Å². The highest BCUT2D eigenvalue weighted by molar-refractivity contribution is 7.98. The largest absolute Gasteiger partial charge is 0.496 e. The quantitative estimate of drug-likeness (QED) is 0.492. The summed E-state index contributed by atoms with van der Waals surface area (Å²) >= 11 is 1.93. The second-order valence-electron chi connectivity index (χ2n) is 9.96. The topological polar surface area (TPSA) is 30.5 Å². The maximum atomic E-state index is 6.98. The third-order valence-corrected chi connectivity index (χ3v) is 8.01. The Morgan fingerprint density at radius 3 is 2.72 bits per heavy atom. The van der Waals surface area contributed by atoms with Gasteiger partial charge in [-0.15, -0.1) is 0 Å². The van der Waals surface area contributed by atoms with Crippen LogP contribution in [0.5, 0.6) is 11.5 Å². The smallest absolute Gasteiger partial charge is 0.132 e. The fraction of sp³-hybridized carbons (Fsp3) is 0.429. The molecule has 0 aromatic heterocycles. The molecular formula is C28H33NO2S. The summed E-state index contributed by atoms with van der Waals surface area (Å²) in [6.45, 7) is 6.71. The summed E-state index contributed by atoms with van der Waals surface area (Å²) < 4.78 is 12.8. The summed E-state index contributed by atoms with van der Waals surface area (Å²) in [6.07, 6.45) is 12.6. The molecule has 0 amide bonds. The van der Waals surface area contributed by atoms with Crippen molar-refractivity contribution in [2.75, 3.05) is 24.4 Å². The van der Waals surface area contributed by atoms with E-state index in [1.54, 1.807) is 7.11 Å². The average molecular weight is 448 g/mol. The first kappa shape index (κ1) is 21.5. The zero-order chi connectivity index (χ0) is 22.5. The van der Waals surface area contributed by atoms with Crippen LogP contribution in [0.4, 0.5) is 5.69 Å². The Bertz CT molecular complexity index is 1120. The van der Waals surface area contributed by atoms with Crippen LogP contribution in [0, 0.1) is 5.41 Å². The van der Waals surface area contributed by atoms with E-state index in [0.717, 1.165) is 42.1 Å². The molecule has 0 spiro atoms. The third kappa shape index (κ3) is 3.35. The van der Waals surface area contributed by atoms with Crippen LogP contribution in [0.15, 0.2) is 48.6 Å². The van der Waals surface area contributed by atoms with Crippen LogP contribution in [0.3, 0.4) is 0 Å². The molecular weight excluding hydrogens is 414 g/mol. The minimum absolute atomic E-state index is 0.00387. The van der Waals surface area contributed by atoms with Gasteiger partial charge in [-0.25, -0.2) is 0 Å². The molecule has 5 rings (SSSR count). The van der Waals surface area contributed by atoms with E-state index in [0.29, 0.717) is 0 Å². The summed E-state index contributed by atoms with van der Waals surface area (Å²) in [4.78, 5) is 0. The molecule has 0 saturated carbocycles. The van der Waals surface area contributed by atoms with Crippen LogP contribution in [-0.2, 0) is 0 Å². The van der Waals surface area contributed by atoms with Crippen molar-refractivity contribution in [2.45, 2.75) is 51.7 Å². The Labute approximate surface area is 196 Å². The molecule has 0 radical (unpaired) electrons. The van der Waals surface area contributed by atoms with Gasteiger partial charge in [-0.1, -0.05) is 30.4 Å². The van der Waals surface area contributed by atoms with Gasteiger partial charge in [0.1, 0.15) is 17.6 Å². The Balaban J connectivity index is 1.81. The number of anilines is 1. The molecule has 2 aromatic rings. The normalized spacial score (nSPS) is 24.9. The summed E-state index contributed by atoms with van der Waals surface area (Å²) in [5, 5.41) is 3.75. The third-order valence-electron chi connectivity index (χ3n) is 7.15. The molecule has 2 aliphatic heterocycles. The summed E-state index contributed by atoms with van der Waals surface area (Å²) in [7, 11) is 1.75. The molecule has 4 heteroatoms. The van der Waals surface area contributed by atoms with E-state index in [1.807, 2.05) is 23.9 Å². The molecule has 2 atom stereocenters. The van der Waals surface area contributed by atoms with E-state index in [4.69, 9.17) is 9.47 Å². The average Bonchev–Trinajstić information content (AvgIpc) is 2.77. The molecule has 0 fully saturated rings. The summed E-state index contributed by atoms with van der Waals surface area (Å²) in [6, 6.07) is 10.7. The van der Waals surface area contributed by atoms with Crippen molar-refractivity contribution >= 4 is 23.0 Å². The molecule has 1 unspecified atom stereocenters. The second-order valence-corrected chi connectivity index (χ2v) is 10.8. The highest BCUT2D eigenvalue weighted by Gasteiger charge is 2.46. The number of hydrogen-bond donors (Lipinski definition) is 1. The maximum Gasteiger partial charge on any atom is 0.132 e. The van der Waals surface area contributed by atoms with Crippen molar-refractivity contribution in [1.82, 2.24) is 0 Å². The maximum absolute atomic E-state index is 6.98. The van der Waals surface area contributed by atoms with E-state index in [1.165, 1.54) is 28.0 Å². The molecule has 0 bridgehead atoms. The van der Waals surface area contributed by atoms with Crippen molar-refractivity contribution in [3.63, 3.8) is 0 Å². The van der Waals surface area contributed by atoms with Gasteiger partial charge in [-0.05, 0) is 75.6 Å². The fourth-order valence-electron chi connectivity index (χ4n) is 5.94. The Hall–Kier alpha value is -2.33. The van der Waals surface area contributed by atoms with Gasteiger partial charge in [0.2, 0.25) is 0 Å². The minimum Gasteiger partial charge on any atom is -0.496 e. The fourth-order valence-corrected chi connectivity index (χ4v) is 6.93. The predicted molar refractivity (Wildman–Crippen MR) is 137 cm³/mol. The summed E-state index contributed by atoms with van der Waals surface area (Å²) in [5.74, 6) is 2.88. The molecule has 32 heavy (non-hydrogen) atoms. The lowest BCUT2D eigenvalue weighted by atomic mass is 9.68. The number of benzene rings is 2. The lowest BCUT2D eigenvalue weighted by Crippen LogP contribution is -2.39. The molecule has 3 aliphatic rings. The molecule has 3 nitrogen and oxygen atoms in total. The van der Waals surface area contributed by atoms with Gasteiger partial charge in [0, 0.05) is 28.0 Å². The van der Waals surface area contributed by atoms with Gasteiger partial charge < -0.3 is 14.8 Å². The number of rotatable bonds is 4. The van der Waals surface area contributed by atoms with Gasteiger partial charge in [0.25, 0.3) is 0 Å². The summed E-state index contributed by atoms with van der Waals surface area (Å²) in [5.41, 5.74) is 7.45. The molecule has 1 aliphatic carbocycles. The number of nitrogens with one attached hydrogen (secondary N) is 1. The minimum atomic E-state index is -0.0729. The van der Waals surface area contributed by atoms with Crippen molar-refractivity contribution in [2.24, 2.45) is 5.41 Å². The van der Waals surface area contributed by atoms with Gasteiger partial charge in [-0.2, -0.15) is 11.8 Å². The number of hydrogen-bond acceptors (Lipinski definition) is 4. The van der Waals surface area contributed by atoms with Crippen LogP contribution in [0.2, 0.25) is 0 Å². The molecule has 2 heterocycles. The van der Waals surface area contributed by atoms with Crippen molar-refractivity contribution in [1.29, 1.82) is 0 Å². The first-order valence-corrected chi connectivity index (χ1v) is 12.9. The van der Waals surface area contributed by atoms with E-state index in [2.05, 4.69) is 68.8 Å². The lowest BCUT2D eigenvalue weighted by Gasteiger charge is -2.46. The Kier molecular flexibility index (Phi) is 5.32. The van der Waals surface area contributed by atoms with Crippen molar-refractivity contribution in [3.8, 4) is 22.6 Å². The monoisotopic (exact) mass is 447 g/mol. The molecule has 2 aromatic carbocycles. The van der Waals surface area contributed by atoms with Crippen LogP contribution >= 0.6 is 11.8 Å². The first-order valence-electron chi connectivity index (χ1n) is 11.5. The number of ether oxygens (including phenoxy) is 2. The molecule has 1 N–H and O–H groups in total. The SMILES string of the molecule is COc1cccc2c1-c1ccc3c(c1[C@H](C1(CSC)CC=CCC1)O2)C(C)=CC(C)(C)N3. The van der Waals surface area contributed by atoms with Crippen LogP contribution < -0.4 is 14.8 Å². The highest BCUT2D eigenvalue weighted by Crippen LogP contribution is 2.58. The Morgan fingerprint density at radius 1 is 1.16 bits per heavy atom. The van der Waals surface area contributed by atoms with Crippen molar-refractivity contribution < 1.29 is 9.47 Å². The Morgan fingerprint density at radius 2 is 2.00 bits per heavy atom. The number of allylic oxidation sites excluding steroid dienone is 3. The zero-order valence-corrected chi connectivity index (χ0v) is 20.6. The number of thioether (sulfide) groups is 1. The standard InChI is InChI=1S/C28H33NO2S/c1-18-16-27(2,3)29-20-13-12-19-24-21(30-4)10-9-11-22(24)31-26(25(19)23(18)20)28(17-32-5)14-7-6-8-15-28/h6-7,9-13,16,26,29H,8,14-15,17H2,1-5H3/t26-,28?/m1/s1. The van der Waals surface area contributed by atoms with E-state index in [-0.39, 0.29) is 17.1 Å². The van der Waals surface area contributed by atoms with Gasteiger partial charge >= 0.3 is 0 Å². The van der Waals surface area contributed by atoms with Gasteiger partial charge in [-0.3, -0.25) is 0 Å².